The van der Waals surface area contributed by atoms with E-state index in [-0.39, 0.29) is 12.5 Å². The lowest BCUT2D eigenvalue weighted by Crippen LogP contribution is -2.24. The van der Waals surface area contributed by atoms with Gasteiger partial charge in [-0.05, 0) is 30.5 Å². The van der Waals surface area contributed by atoms with Crippen molar-refractivity contribution in [3.63, 3.8) is 0 Å². The molecule has 0 aromatic heterocycles. The molecule has 0 radical (unpaired) electrons. The first-order valence-corrected chi connectivity index (χ1v) is 5.27. The van der Waals surface area contributed by atoms with E-state index in [1.165, 1.54) is 0 Å². The molecule has 0 bridgehead atoms. The largest absolute Gasteiger partial charge is 0.399 e. The lowest BCUT2D eigenvalue weighted by atomic mass is 10.1. The molecule has 0 spiro atoms. The highest BCUT2D eigenvalue weighted by molar-refractivity contribution is 5.78. The van der Waals surface area contributed by atoms with Crippen LogP contribution >= 0.6 is 0 Å². The van der Waals surface area contributed by atoms with Gasteiger partial charge in [0.15, 0.2) is 0 Å². The Balaban J connectivity index is 2.22. The van der Waals surface area contributed by atoms with Gasteiger partial charge >= 0.3 is 0 Å². The van der Waals surface area contributed by atoms with E-state index >= 15 is 0 Å². The van der Waals surface area contributed by atoms with Gasteiger partial charge in [0.2, 0.25) is 5.91 Å². The summed E-state index contributed by atoms with van der Waals surface area (Å²) in [5, 5.41) is 2.50. The van der Waals surface area contributed by atoms with Crippen LogP contribution in [-0.2, 0) is 16.0 Å². The number of nitrogens with two attached hydrogens (primary N) is 1. The topological polar surface area (TPSA) is 72.2 Å². The van der Waals surface area contributed by atoms with E-state index < -0.39 is 0 Å². The first kappa shape index (κ1) is 12.2. The third-order valence-electron chi connectivity index (χ3n) is 2.23. The molecule has 0 unspecified atom stereocenters. The summed E-state index contributed by atoms with van der Waals surface area (Å²) in [6, 6.07) is 7.61. The quantitative estimate of drug-likeness (QED) is 0.553. The van der Waals surface area contributed by atoms with Gasteiger partial charge in [0.25, 0.3) is 0 Å². The van der Waals surface area contributed by atoms with E-state index in [0.29, 0.717) is 12.7 Å². The number of hydrogen-bond acceptors (Lipinski definition) is 3. The molecule has 0 saturated carbocycles. The Morgan fingerprint density at radius 3 is 2.62 bits per heavy atom. The predicted octanol–water partition coefficient (Wildman–Crippen LogP) is 0.907. The number of rotatable bonds is 6. The Bertz CT molecular complexity index is 347. The maximum Gasteiger partial charge on any atom is 0.220 e. The van der Waals surface area contributed by atoms with Crippen molar-refractivity contribution in [3.8, 4) is 0 Å². The van der Waals surface area contributed by atoms with Crippen LogP contribution < -0.4 is 11.1 Å². The van der Waals surface area contributed by atoms with E-state index in [4.69, 9.17) is 5.73 Å². The zero-order valence-electron chi connectivity index (χ0n) is 9.11. The van der Waals surface area contributed by atoms with Crippen molar-refractivity contribution >= 4 is 17.9 Å². The highest BCUT2D eigenvalue weighted by Gasteiger charge is 2.00. The number of nitrogen functional groups attached to an aromatic ring is 1. The van der Waals surface area contributed by atoms with Gasteiger partial charge in [0.1, 0.15) is 6.29 Å². The maximum atomic E-state index is 11.2. The van der Waals surface area contributed by atoms with Crippen LogP contribution in [0.5, 0.6) is 0 Å². The molecule has 16 heavy (non-hydrogen) atoms. The summed E-state index contributed by atoms with van der Waals surface area (Å²) in [5.41, 5.74) is 7.47. The second kappa shape index (κ2) is 6.61. The number of benzene rings is 1. The van der Waals surface area contributed by atoms with Gasteiger partial charge in [-0.1, -0.05) is 12.1 Å². The molecule has 1 rings (SSSR count). The molecule has 1 aromatic rings. The molecule has 1 amide bonds. The molecule has 0 fully saturated rings. The fraction of sp³-hybridized carbons (Fsp3) is 0.333. The monoisotopic (exact) mass is 220 g/mol. The van der Waals surface area contributed by atoms with Crippen LogP contribution in [0, 0.1) is 0 Å². The number of nitrogens with one attached hydrogen (secondary N) is 1. The summed E-state index contributed by atoms with van der Waals surface area (Å²) in [6.07, 6.45) is 2.74. The fourth-order valence-corrected chi connectivity index (χ4v) is 1.38. The molecular formula is C12H16N2O2. The van der Waals surface area contributed by atoms with E-state index in [1.807, 2.05) is 24.3 Å². The number of aryl methyl sites for hydroxylation is 1. The summed E-state index contributed by atoms with van der Waals surface area (Å²) in [4.78, 5) is 21.2. The average Bonchev–Trinajstić information content (AvgIpc) is 2.29. The molecule has 4 nitrogen and oxygen atoms in total. The lowest BCUT2D eigenvalue weighted by Gasteiger charge is -2.02. The van der Waals surface area contributed by atoms with E-state index in [2.05, 4.69) is 5.32 Å². The number of anilines is 1. The molecule has 4 heteroatoms. The number of aldehydes is 1. The maximum absolute atomic E-state index is 11.2. The van der Waals surface area contributed by atoms with E-state index in [9.17, 15) is 9.59 Å². The second-order valence-corrected chi connectivity index (χ2v) is 3.57. The van der Waals surface area contributed by atoms with Crippen molar-refractivity contribution < 1.29 is 9.59 Å². The highest BCUT2D eigenvalue weighted by atomic mass is 16.2. The van der Waals surface area contributed by atoms with Crippen LogP contribution in [0.15, 0.2) is 24.3 Å². The summed E-state index contributed by atoms with van der Waals surface area (Å²) >= 11 is 0. The van der Waals surface area contributed by atoms with Crippen LogP contribution in [-0.4, -0.2) is 18.7 Å². The van der Waals surface area contributed by atoms with E-state index in [0.717, 1.165) is 24.1 Å². The van der Waals surface area contributed by atoms with E-state index in [1.54, 1.807) is 0 Å². The van der Waals surface area contributed by atoms with Gasteiger partial charge in [-0.2, -0.15) is 0 Å². The normalized spacial score (nSPS) is 9.75. The minimum absolute atomic E-state index is 0.0810. The summed E-state index contributed by atoms with van der Waals surface area (Å²) in [7, 11) is 0. The smallest absolute Gasteiger partial charge is 0.220 e. The van der Waals surface area contributed by atoms with Crippen LogP contribution in [0.4, 0.5) is 5.69 Å². The van der Waals surface area contributed by atoms with Crippen molar-refractivity contribution in [3.05, 3.63) is 29.8 Å². The SMILES string of the molecule is Nc1ccc(CCCC(=O)NCC=O)cc1. The van der Waals surface area contributed by atoms with Crippen molar-refractivity contribution in [1.82, 2.24) is 5.32 Å². The van der Waals surface area contributed by atoms with Gasteiger partial charge in [-0.15, -0.1) is 0 Å². The lowest BCUT2D eigenvalue weighted by molar-refractivity contribution is -0.122. The van der Waals surface area contributed by atoms with Gasteiger partial charge < -0.3 is 15.8 Å². The molecule has 0 atom stereocenters. The van der Waals surface area contributed by atoms with Gasteiger partial charge in [0, 0.05) is 12.1 Å². The van der Waals surface area contributed by atoms with Gasteiger partial charge in [0.05, 0.1) is 6.54 Å². The molecule has 86 valence electrons. The average molecular weight is 220 g/mol. The number of hydrogen-bond donors (Lipinski definition) is 2. The van der Waals surface area contributed by atoms with Crippen LogP contribution in [0.2, 0.25) is 0 Å². The highest BCUT2D eigenvalue weighted by Crippen LogP contribution is 2.08. The number of carbonyl (C=O) groups is 2. The summed E-state index contributed by atoms with van der Waals surface area (Å²) in [6.45, 7) is 0.0979. The Morgan fingerprint density at radius 2 is 2.00 bits per heavy atom. The Hall–Kier alpha value is -1.84. The Labute approximate surface area is 94.8 Å². The van der Waals surface area contributed by atoms with Gasteiger partial charge in [-0.25, -0.2) is 0 Å². The molecule has 0 heterocycles. The third-order valence-corrected chi connectivity index (χ3v) is 2.23. The van der Waals surface area contributed by atoms with Crippen molar-refractivity contribution in [2.24, 2.45) is 0 Å². The van der Waals surface area contributed by atoms with Crippen LogP contribution in [0.1, 0.15) is 18.4 Å². The molecule has 3 N–H and O–H groups in total. The molecule has 1 aromatic carbocycles. The van der Waals surface area contributed by atoms with Crippen LogP contribution in [0.25, 0.3) is 0 Å². The molecule has 0 saturated heterocycles. The minimum Gasteiger partial charge on any atom is -0.399 e. The fourth-order valence-electron chi connectivity index (χ4n) is 1.38. The van der Waals surface area contributed by atoms with Crippen molar-refractivity contribution in [2.45, 2.75) is 19.3 Å². The minimum atomic E-state index is -0.0810. The molecule has 0 aliphatic rings. The second-order valence-electron chi connectivity index (χ2n) is 3.57. The first-order valence-electron chi connectivity index (χ1n) is 5.27. The summed E-state index contributed by atoms with van der Waals surface area (Å²) < 4.78 is 0. The standard InChI is InChI=1S/C12H16N2O2/c13-11-6-4-10(5-7-11)2-1-3-12(16)14-8-9-15/h4-7,9H,1-3,8,13H2,(H,14,16). The predicted molar refractivity (Wildman–Crippen MR) is 62.9 cm³/mol. The first-order chi connectivity index (χ1) is 7.72. The number of amides is 1. The molecule has 0 aliphatic carbocycles. The Kier molecular flexibility index (Phi) is 5.05. The summed E-state index contributed by atoms with van der Waals surface area (Å²) in [5.74, 6) is -0.0810. The number of carbonyl (C=O) groups excluding carboxylic acids is 2. The van der Waals surface area contributed by atoms with Crippen LogP contribution in [0.3, 0.4) is 0 Å². The zero-order valence-corrected chi connectivity index (χ0v) is 9.11. The van der Waals surface area contributed by atoms with Crippen molar-refractivity contribution in [1.29, 1.82) is 0 Å². The zero-order chi connectivity index (χ0) is 11.8. The molecular weight excluding hydrogens is 204 g/mol. The van der Waals surface area contributed by atoms with Gasteiger partial charge in [-0.3, -0.25) is 4.79 Å². The third kappa shape index (κ3) is 4.59. The molecule has 0 aliphatic heterocycles. The van der Waals surface area contributed by atoms with Crippen molar-refractivity contribution in [2.75, 3.05) is 12.3 Å². The Morgan fingerprint density at radius 1 is 1.31 bits per heavy atom.